The van der Waals surface area contributed by atoms with Gasteiger partial charge >= 0.3 is 5.97 Å². The molecule has 0 unspecified atom stereocenters. The molecule has 0 saturated heterocycles. The molecule has 0 fully saturated rings. The number of hydrogen-bond donors (Lipinski definition) is 0. The molecule has 2 heterocycles. The number of tetrazole rings is 1. The van der Waals surface area contributed by atoms with E-state index < -0.39 is 5.97 Å². The molecule has 1 aliphatic heterocycles. The number of carbonyl (C=O) groups is 1. The molecule has 0 N–H and O–H groups in total. The van der Waals surface area contributed by atoms with Crippen molar-refractivity contribution in [1.29, 1.82) is 0 Å². The Hall–Kier alpha value is -2.29. The van der Waals surface area contributed by atoms with Gasteiger partial charge in [-0.3, -0.25) is 4.79 Å². The lowest BCUT2D eigenvalue weighted by atomic mass is 10.2. The van der Waals surface area contributed by atoms with Crippen molar-refractivity contribution in [1.82, 2.24) is 20.2 Å². The van der Waals surface area contributed by atoms with Crippen LogP contribution >= 0.6 is 11.8 Å². The molecular weight excluding hydrogens is 296 g/mol. The summed E-state index contributed by atoms with van der Waals surface area (Å²) >= 11 is 1.43. The number of nitrogens with zero attached hydrogens (tertiary/aromatic N) is 4. The van der Waals surface area contributed by atoms with Gasteiger partial charge in [0.1, 0.15) is 6.54 Å². The number of carbonyl (C=O) groups excluding carboxylic acids is 1. The van der Waals surface area contributed by atoms with Crippen LogP contribution in [-0.4, -0.2) is 40.1 Å². The molecule has 8 nitrogen and oxygen atoms in total. The monoisotopic (exact) mass is 308 g/mol. The van der Waals surface area contributed by atoms with E-state index in [4.69, 9.17) is 9.47 Å². The number of fused-ring (bicyclic) bond motifs is 1. The molecule has 1 aromatic heterocycles. The van der Waals surface area contributed by atoms with Crippen LogP contribution in [0.3, 0.4) is 0 Å². The van der Waals surface area contributed by atoms with E-state index in [1.807, 2.05) is 18.2 Å². The maximum Gasteiger partial charge on any atom is 0.327 e. The van der Waals surface area contributed by atoms with E-state index in [0.717, 1.165) is 17.1 Å². The van der Waals surface area contributed by atoms with Gasteiger partial charge in [0.25, 0.3) is 0 Å². The predicted molar refractivity (Wildman–Crippen MR) is 72.0 cm³/mol. The van der Waals surface area contributed by atoms with E-state index in [0.29, 0.717) is 10.9 Å². The molecule has 0 spiro atoms. The number of hydrogen-bond acceptors (Lipinski definition) is 8. The Morgan fingerprint density at radius 3 is 3.14 bits per heavy atom. The first-order valence-electron chi connectivity index (χ1n) is 6.10. The number of benzene rings is 1. The fourth-order valence-electron chi connectivity index (χ4n) is 1.76. The maximum atomic E-state index is 11.3. The molecule has 9 heteroatoms. The molecule has 1 aliphatic rings. The molecule has 110 valence electrons. The summed E-state index contributed by atoms with van der Waals surface area (Å²) in [6.07, 6.45) is 0. The topological polar surface area (TPSA) is 88.4 Å². The maximum absolute atomic E-state index is 11.3. The molecule has 0 radical (unpaired) electrons. The normalized spacial score (nSPS) is 12.4. The average molecular weight is 308 g/mol. The van der Waals surface area contributed by atoms with Crippen molar-refractivity contribution < 1.29 is 19.0 Å². The molecule has 0 bridgehead atoms. The SMILES string of the molecule is COC(=O)Cn1nnnc1SCc1ccc2c(c1)OCO2. The number of rotatable bonds is 5. The number of esters is 1. The van der Waals surface area contributed by atoms with Crippen molar-refractivity contribution >= 4 is 17.7 Å². The second-order valence-corrected chi connectivity index (χ2v) is 5.11. The summed E-state index contributed by atoms with van der Waals surface area (Å²) in [6.45, 7) is 0.246. The van der Waals surface area contributed by atoms with Crippen molar-refractivity contribution in [2.45, 2.75) is 17.5 Å². The summed E-state index contributed by atoms with van der Waals surface area (Å²) in [7, 11) is 1.33. The molecule has 0 saturated carbocycles. The van der Waals surface area contributed by atoms with Crippen LogP contribution in [0.25, 0.3) is 0 Å². The summed E-state index contributed by atoms with van der Waals surface area (Å²) in [4.78, 5) is 11.3. The number of ether oxygens (including phenoxy) is 3. The minimum absolute atomic E-state index is 0.00697. The van der Waals surface area contributed by atoms with Crippen LogP contribution in [0.15, 0.2) is 23.4 Å². The number of methoxy groups -OCH3 is 1. The minimum Gasteiger partial charge on any atom is -0.468 e. The average Bonchev–Trinajstić information content (AvgIpc) is 3.13. The van der Waals surface area contributed by atoms with E-state index in [9.17, 15) is 4.79 Å². The van der Waals surface area contributed by atoms with Crippen LogP contribution in [-0.2, 0) is 21.8 Å². The summed E-state index contributed by atoms with van der Waals surface area (Å²) in [5.74, 6) is 1.74. The van der Waals surface area contributed by atoms with E-state index >= 15 is 0 Å². The van der Waals surface area contributed by atoms with Crippen LogP contribution in [0.2, 0.25) is 0 Å². The zero-order valence-corrected chi connectivity index (χ0v) is 12.0. The van der Waals surface area contributed by atoms with Crippen LogP contribution in [0.5, 0.6) is 11.5 Å². The van der Waals surface area contributed by atoms with Crippen LogP contribution in [0.4, 0.5) is 0 Å². The van der Waals surface area contributed by atoms with E-state index in [-0.39, 0.29) is 13.3 Å². The summed E-state index contributed by atoms with van der Waals surface area (Å²) in [5, 5.41) is 11.8. The Morgan fingerprint density at radius 2 is 2.29 bits per heavy atom. The predicted octanol–water partition coefficient (Wildman–Crippen LogP) is 0.867. The van der Waals surface area contributed by atoms with Crippen LogP contribution in [0.1, 0.15) is 5.56 Å². The third kappa shape index (κ3) is 3.07. The van der Waals surface area contributed by atoms with Gasteiger partial charge in [0.2, 0.25) is 11.9 Å². The fraction of sp³-hybridized carbons (Fsp3) is 0.333. The van der Waals surface area contributed by atoms with E-state index in [1.54, 1.807) is 0 Å². The molecule has 1 aromatic carbocycles. The lowest BCUT2D eigenvalue weighted by molar-refractivity contribution is -0.141. The van der Waals surface area contributed by atoms with Gasteiger partial charge in [0.05, 0.1) is 7.11 Å². The Bertz CT molecular complexity index is 660. The molecule has 0 atom stereocenters. The third-order valence-electron chi connectivity index (χ3n) is 2.81. The summed E-state index contributed by atoms with van der Waals surface area (Å²) < 4.78 is 16.6. The number of thioether (sulfide) groups is 1. The lowest BCUT2D eigenvalue weighted by Crippen LogP contribution is -2.13. The summed E-state index contributed by atoms with van der Waals surface area (Å²) in [6, 6.07) is 5.74. The van der Waals surface area contributed by atoms with Crippen molar-refractivity contribution in [3.63, 3.8) is 0 Å². The molecule has 3 rings (SSSR count). The third-order valence-corrected chi connectivity index (χ3v) is 3.84. The standard InChI is InChI=1S/C12H12N4O4S/c1-18-11(17)5-16-12(13-14-15-16)21-6-8-2-3-9-10(4-8)20-7-19-9/h2-4H,5-7H2,1H3. The van der Waals surface area contributed by atoms with E-state index in [1.165, 1.54) is 23.6 Å². The second kappa shape index (κ2) is 6.00. The second-order valence-electron chi connectivity index (χ2n) is 4.17. The highest BCUT2D eigenvalue weighted by atomic mass is 32.2. The number of aromatic nitrogens is 4. The van der Waals surface area contributed by atoms with Crippen molar-refractivity contribution in [3.05, 3.63) is 23.8 Å². The van der Waals surface area contributed by atoms with Gasteiger partial charge in [0, 0.05) is 5.75 Å². The highest BCUT2D eigenvalue weighted by molar-refractivity contribution is 7.98. The first-order chi connectivity index (χ1) is 10.3. The largest absolute Gasteiger partial charge is 0.468 e. The molecule has 21 heavy (non-hydrogen) atoms. The van der Waals surface area contributed by atoms with Gasteiger partial charge in [-0.05, 0) is 28.1 Å². The Balaban J connectivity index is 1.65. The van der Waals surface area contributed by atoms with Gasteiger partial charge < -0.3 is 14.2 Å². The Labute approximate surface area is 124 Å². The highest BCUT2D eigenvalue weighted by Gasteiger charge is 2.15. The molecule has 0 aliphatic carbocycles. The molecular formula is C12H12N4O4S. The zero-order chi connectivity index (χ0) is 14.7. The van der Waals surface area contributed by atoms with E-state index in [2.05, 4.69) is 20.3 Å². The smallest absolute Gasteiger partial charge is 0.327 e. The van der Waals surface area contributed by atoms with Crippen LogP contribution < -0.4 is 9.47 Å². The molecule has 2 aromatic rings. The Morgan fingerprint density at radius 1 is 1.43 bits per heavy atom. The minimum atomic E-state index is -0.396. The van der Waals surface area contributed by atoms with Gasteiger partial charge in [-0.25, -0.2) is 4.68 Å². The van der Waals surface area contributed by atoms with Gasteiger partial charge in [-0.15, -0.1) is 5.10 Å². The van der Waals surface area contributed by atoms with Gasteiger partial charge in [0.15, 0.2) is 11.5 Å². The first-order valence-corrected chi connectivity index (χ1v) is 7.09. The Kier molecular flexibility index (Phi) is 3.91. The fourth-order valence-corrected chi connectivity index (χ4v) is 2.58. The van der Waals surface area contributed by atoms with Crippen LogP contribution in [0, 0.1) is 0 Å². The summed E-state index contributed by atoms with van der Waals surface area (Å²) in [5.41, 5.74) is 1.05. The van der Waals surface area contributed by atoms with Crippen molar-refractivity contribution in [2.24, 2.45) is 0 Å². The highest BCUT2D eigenvalue weighted by Crippen LogP contribution is 2.34. The first kappa shape index (κ1) is 13.7. The van der Waals surface area contributed by atoms with Gasteiger partial charge in [-0.1, -0.05) is 17.8 Å². The van der Waals surface area contributed by atoms with Crippen molar-refractivity contribution in [3.8, 4) is 11.5 Å². The van der Waals surface area contributed by atoms with Crippen molar-refractivity contribution in [2.75, 3.05) is 13.9 Å². The van der Waals surface area contributed by atoms with Gasteiger partial charge in [-0.2, -0.15) is 0 Å². The molecule has 0 amide bonds. The zero-order valence-electron chi connectivity index (χ0n) is 11.2. The quantitative estimate of drug-likeness (QED) is 0.594. The lowest BCUT2D eigenvalue weighted by Gasteiger charge is -2.04.